The molecule has 126 valence electrons. The highest BCUT2D eigenvalue weighted by Crippen LogP contribution is 2.31. The number of fused-ring (bicyclic) bond motifs is 1. The van der Waals surface area contributed by atoms with E-state index in [1.54, 1.807) is 35.4 Å². The molecule has 2 heterocycles. The van der Waals surface area contributed by atoms with Gasteiger partial charge in [-0.1, -0.05) is 26.0 Å². The summed E-state index contributed by atoms with van der Waals surface area (Å²) in [7, 11) is 1.76. The van der Waals surface area contributed by atoms with Crippen LogP contribution in [-0.4, -0.2) is 35.9 Å². The molecule has 0 aliphatic carbocycles. The molecule has 3 rings (SSSR count). The molecule has 0 aliphatic rings. The maximum absolute atomic E-state index is 12.5. The van der Waals surface area contributed by atoms with E-state index in [0.717, 1.165) is 15.2 Å². The Morgan fingerprint density at radius 2 is 2.04 bits per heavy atom. The lowest BCUT2D eigenvalue weighted by Gasteiger charge is -2.28. The maximum Gasteiger partial charge on any atom is 0.289 e. The van der Waals surface area contributed by atoms with E-state index >= 15 is 0 Å². The van der Waals surface area contributed by atoms with Crippen molar-refractivity contribution in [2.24, 2.45) is 11.1 Å². The Morgan fingerprint density at radius 3 is 2.75 bits per heavy atom. The number of benzene rings is 1. The fraction of sp³-hybridized carbons (Fsp3) is 0.333. The number of carbonyl (C=O) groups is 1. The van der Waals surface area contributed by atoms with Gasteiger partial charge in [0.1, 0.15) is 0 Å². The predicted octanol–water partition coefficient (Wildman–Crippen LogP) is 3.61. The third-order valence-electron chi connectivity index (χ3n) is 3.89. The number of carbonyl (C=O) groups excluding carboxylic acids is 1. The van der Waals surface area contributed by atoms with Crippen molar-refractivity contribution in [3.05, 3.63) is 42.2 Å². The standard InChI is InChI=1S/C18H21N3O2S/c1-18(2,10-19)11-21(3)17(22)14-9-8-13(23-14)16-20-12-6-4-5-7-15(12)24-16/h4-9H,10-11,19H2,1-3H3. The Hall–Kier alpha value is -2.18. The first kappa shape index (κ1) is 16.7. The number of thiazole rings is 1. The van der Waals surface area contributed by atoms with Gasteiger partial charge >= 0.3 is 0 Å². The number of aromatic nitrogens is 1. The monoisotopic (exact) mass is 343 g/mol. The molecule has 0 saturated carbocycles. The average Bonchev–Trinajstić information content (AvgIpc) is 3.20. The van der Waals surface area contributed by atoms with Gasteiger partial charge in [-0.3, -0.25) is 4.79 Å². The second kappa shape index (κ2) is 6.37. The van der Waals surface area contributed by atoms with Crippen molar-refractivity contribution in [3.8, 4) is 10.8 Å². The van der Waals surface area contributed by atoms with Crippen LogP contribution in [0.5, 0.6) is 0 Å². The molecule has 0 spiro atoms. The van der Waals surface area contributed by atoms with E-state index < -0.39 is 0 Å². The highest BCUT2D eigenvalue weighted by molar-refractivity contribution is 7.21. The SMILES string of the molecule is CN(CC(C)(C)CN)C(=O)c1ccc(-c2nc3ccccc3s2)o1. The lowest BCUT2D eigenvalue weighted by molar-refractivity contribution is 0.0710. The fourth-order valence-electron chi connectivity index (χ4n) is 2.51. The van der Waals surface area contributed by atoms with Crippen LogP contribution in [0.1, 0.15) is 24.4 Å². The zero-order valence-electron chi connectivity index (χ0n) is 14.1. The second-order valence-electron chi connectivity index (χ2n) is 6.68. The summed E-state index contributed by atoms with van der Waals surface area (Å²) in [5, 5.41) is 0.778. The lowest BCUT2D eigenvalue weighted by atomic mass is 9.93. The quantitative estimate of drug-likeness (QED) is 0.768. The van der Waals surface area contributed by atoms with Crippen molar-refractivity contribution in [2.45, 2.75) is 13.8 Å². The van der Waals surface area contributed by atoms with Crippen LogP contribution in [-0.2, 0) is 0 Å². The number of hydrogen-bond donors (Lipinski definition) is 1. The normalized spacial score (nSPS) is 11.8. The van der Waals surface area contributed by atoms with E-state index in [9.17, 15) is 4.79 Å². The predicted molar refractivity (Wildman–Crippen MR) is 97.1 cm³/mol. The molecule has 0 unspecified atom stereocenters. The van der Waals surface area contributed by atoms with E-state index in [1.165, 1.54) is 0 Å². The number of nitrogens with zero attached hydrogens (tertiary/aromatic N) is 2. The molecule has 0 saturated heterocycles. The van der Waals surface area contributed by atoms with Gasteiger partial charge in [0.05, 0.1) is 10.2 Å². The molecule has 2 N–H and O–H groups in total. The van der Waals surface area contributed by atoms with Crippen molar-refractivity contribution in [2.75, 3.05) is 20.1 Å². The van der Waals surface area contributed by atoms with E-state index in [1.807, 2.05) is 38.1 Å². The van der Waals surface area contributed by atoms with Crippen LogP contribution in [0.25, 0.3) is 21.0 Å². The van der Waals surface area contributed by atoms with Gasteiger partial charge in [0.15, 0.2) is 16.5 Å². The topological polar surface area (TPSA) is 72.4 Å². The highest BCUT2D eigenvalue weighted by atomic mass is 32.1. The minimum Gasteiger partial charge on any atom is -0.448 e. The Bertz CT molecular complexity index is 833. The summed E-state index contributed by atoms with van der Waals surface area (Å²) in [6, 6.07) is 11.4. The zero-order valence-corrected chi connectivity index (χ0v) is 14.9. The molecule has 3 aromatic rings. The first-order valence-corrected chi connectivity index (χ1v) is 8.62. The van der Waals surface area contributed by atoms with Gasteiger partial charge in [-0.15, -0.1) is 11.3 Å². The first-order chi connectivity index (χ1) is 11.4. The second-order valence-corrected chi connectivity index (χ2v) is 7.71. The van der Waals surface area contributed by atoms with Gasteiger partial charge in [0, 0.05) is 13.6 Å². The summed E-state index contributed by atoms with van der Waals surface area (Å²) < 4.78 is 6.85. The molecule has 0 radical (unpaired) electrons. The van der Waals surface area contributed by atoms with Crippen LogP contribution >= 0.6 is 11.3 Å². The molecule has 2 aromatic heterocycles. The number of hydrogen-bond acceptors (Lipinski definition) is 5. The fourth-order valence-corrected chi connectivity index (χ4v) is 3.44. The Balaban J connectivity index is 1.81. The molecule has 6 heteroatoms. The number of para-hydroxylation sites is 1. The summed E-state index contributed by atoms with van der Waals surface area (Å²) >= 11 is 1.55. The third kappa shape index (κ3) is 3.34. The zero-order chi connectivity index (χ0) is 17.3. The largest absolute Gasteiger partial charge is 0.448 e. The number of amides is 1. The average molecular weight is 343 g/mol. The molecule has 0 bridgehead atoms. The molecule has 1 aromatic carbocycles. The van der Waals surface area contributed by atoms with Gasteiger partial charge in [-0.2, -0.15) is 0 Å². The minimum atomic E-state index is -0.149. The van der Waals surface area contributed by atoms with Gasteiger partial charge in [0.2, 0.25) is 0 Å². The summed E-state index contributed by atoms with van der Waals surface area (Å²) in [4.78, 5) is 18.7. The van der Waals surface area contributed by atoms with Gasteiger partial charge in [-0.05, 0) is 36.2 Å². The lowest BCUT2D eigenvalue weighted by Crippen LogP contribution is -2.39. The molecular formula is C18H21N3O2S. The smallest absolute Gasteiger partial charge is 0.289 e. The van der Waals surface area contributed by atoms with Crippen LogP contribution in [0.3, 0.4) is 0 Å². The van der Waals surface area contributed by atoms with Crippen LogP contribution < -0.4 is 5.73 Å². The molecule has 5 nitrogen and oxygen atoms in total. The van der Waals surface area contributed by atoms with Crippen molar-refractivity contribution >= 4 is 27.5 Å². The molecule has 0 atom stereocenters. The first-order valence-electron chi connectivity index (χ1n) is 7.81. The van der Waals surface area contributed by atoms with Crippen LogP contribution in [0.2, 0.25) is 0 Å². The van der Waals surface area contributed by atoms with E-state index in [2.05, 4.69) is 4.98 Å². The van der Waals surface area contributed by atoms with Crippen molar-refractivity contribution in [1.29, 1.82) is 0 Å². The summed E-state index contributed by atoms with van der Waals surface area (Å²) in [6.45, 7) is 5.15. The molecule has 24 heavy (non-hydrogen) atoms. The molecule has 0 aliphatic heterocycles. The summed E-state index contributed by atoms with van der Waals surface area (Å²) in [6.07, 6.45) is 0. The molecular weight excluding hydrogens is 322 g/mol. The van der Waals surface area contributed by atoms with Crippen LogP contribution in [0.15, 0.2) is 40.8 Å². The Labute approximate surface area is 145 Å². The van der Waals surface area contributed by atoms with E-state index in [-0.39, 0.29) is 11.3 Å². The molecule has 1 amide bonds. The summed E-state index contributed by atoms with van der Waals surface area (Å²) in [5.41, 5.74) is 6.54. The number of furan rings is 1. The maximum atomic E-state index is 12.5. The highest BCUT2D eigenvalue weighted by Gasteiger charge is 2.24. The van der Waals surface area contributed by atoms with Crippen molar-refractivity contribution in [3.63, 3.8) is 0 Å². The van der Waals surface area contributed by atoms with Crippen LogP contribution in [0, 0.1) is 5.41 Å². The number of nitrogens with two attached hydrogens (primary N) is 1. The van der Waals surface area contributed by atoms with Crippen LogP contribution in [0.4, 0.5) is 0 Å². The third-order valence-corrected chi connectivity index (χ3v) is 4.94. The summed E-state index contributed by atoms with van der Waals surface area (Å²) in [5.74, 6) is 0.787. The van der Waals surface area contributed by atoms with E-state index in [0.29, 0.717) is 24.6 Å². The van der Waals surface area contributed by atoms with Gasteiger partial charge in [0.25, 0.3) is 5.91 Å². The van der Waals surface area contributed by atoms with Gasteiger partial charge < -0.3 is 15.1 Å². The van der Waals surface area contributed by atoms with E-state index in [4.69, 9.17) is 10.2 Å². The Morgan fingerprint density at radius 1 is 1.29 bits per heavy atom. The number of rotatable bonds is 5. The van der Waals surface area contributed by atoms with Gasteiger partial charge in [-0.25, -0.2) is 4.98 Å². The van der Waals surface area contributed by atoms with Crippen molar-refractivity contribution < 1.29 is 9.21 Å². The Kier molecular flexibility index (Phi) is 4.43. The van der Waals surface area contributed by atoms with Crippen molar-refractivity contribution in [1.82, 2.24) is 9.88 Å². The molecule has 0 fully saturated rings. The minimum absolute atomic E-state index is 0.132.